The summed E-state index contributed by atoms with van der Waals surface area (Å²) in [7, 11) is 0. The molecular formula is C25H22N4OS. The first-order valence-electron chi connectivity index (χ1n) is 10.4. The van der Waals surface area contributed by atoms with E-state index >= 15 is 0 Å². The van der Waals surface area contributed by atoms with Gasteiger partial charge in [-0.1, -0.05) is 42.2 Å². The third kappa shape index (κ3) is 4.85. The highest BCUT2D eigenvalue weighted by molar-refractivity contribution is 7.19. The Morgan fingerprint density at radius 3 is 2.84 bits per heavy atom. The predicted molar refractivity (Wildman–Crippen MR) is 126 cm³/mol. The second-order valence-electron chi connectivity index (χ2n) is 7.39. The van der Waals surface area contributed by atoms with Crippen LogP contribution in [0.15, 0.2) is 67.0 Å². The molecule has 31 heavy (non-hydrogen) atoms. The van der Waals surface area contributed by atoms with E-state index in [0.29, 0.717) is 12.6 Å². The lowest BCUT2D eigenvalue weighted by molar-refractivity contribution is 0.482. The molecule has 2 N–H and O–H groups in total. The van der Waals surface area contributed by atoms with Crippen LogP contribution in [0.25, 0.3) is 10.2 Å². The van der Waals surface area contributed by atoms with E-state index in [1.54, 1.807) is 17.7 Å². The van der Waals surface area contributed by atoms with Crippen LogP contribution in [-0.2, 0) is 6.54 Å². The summed E-state index contributed by atoms with van der Waals surface area (Å²) in [6, 6.07) is 20.3. The van der Waals surface area contributed by atoms with Crippen LogP contribution in [0, 0.1) is 11.8 Å². The van der Waals surface area contributed by atoms with Gasteiger partial charge in [-0.05, 0) is 55.3 Å². The number of nitrogens with zero attached hydrogens (tertiary/aromatic N) is 2. The molecule has 3 heterocycles. The number of fused-ring (bicyclic) bond motifs is 1. The summed E-state index contributed by atoms with van der Waals surface area (Å²) in [6.07, 6.45) is 3.92. The zero-order valence-electron chi connectivity index (χ0n) is 17.0. The molecule has 5 rings (SSSR count). The fourth-order valence-electron chi connectivity index (χ4n) is 3.55. The molecule has 1 fully saturated rings. The van der Waals surface area contributed by atoms with Gasteiger partial charge in [0.25, 0.3) is 0 Å². The maximum Gasteiger partial charge on any atom is 0.138 e. The second kappa shape index (κ2) is 9.17. The quantitative estimate of drug-likeness (QED) is 0.430. The largest absolute Gasteiger partial charge is 0.457 e. The van der Waals surface area contributed by atoms with E-state index in [2.05, 4.69) is 44.6 Å². The monoisotopic (exact) mass is 426 g/mol. The maximum absolute atomic E-state index is 5.94. The number of thiophene rings is 1. The van der Waals surface area contributed by atoms with Crippen molar-refractivity contribution in [3.63, 3.8) is 0 Å². The van der Waals surface area contributed by atoms with Gasteiger partial charge in [0.05, 0.1) is 16.3 Å². The molecule has 6 heteroatoms. The Kier molecular flexibility index (Phi) is 5.79. The molecule has 0 unspecified atom stereocenters. The number of aromatic nitrogens is 2. The third-order valence-corrected chi connectivity index (χ3v) is 6.06. The van der Waals surface area contributed by atoms with Crippen LogP contribution < -0.4 is 15.4 Å². The van der Waals surface area contributed by atoms with Crippen LogP contribution in [0.1, 0.15) is 23.3 Å². The minimum Gasteiger partial charge on any atom is -0.457 e. The molecule has 154 valence electrons. The van der Waals surface area contributed by atoms with Crippen molar-refractivity contribution >= 4 is 27.4 Å². The van der Waals surface area contributed by atoms with Crippen molar-refractivity contribution in [3.05, 3.63) is 77.4 Å². The third-order valence-electron chi connectivity index (χ3n) is 5.10. The fraction of sp³-hybridized carbons (Fsp3) is 0.200. The Bertz CT molecular complexity index is 1240. The number of hydrogen-bond donors (Lipinski definition) is 2. The van der Waals surface area contributed by atoms with E-state index in [1.807, 2.05) is 48.5 Å². The van der Waals surface area contributed by atoms with Crippen LogP contribution >= 0.6 is 11.3 Å². The van der Waals surface area contributed by atoms with Crippen molar-refractivity contribution < 1.29 is 4.74 Å². The van der Waals surface area contributed by atoms with Crippen molar-refractivity contribution in [3.8, 4) is 23.3 Å². The van der Waals surface area contributed by atoms with Crippen LogP contribution in [0.3, 0.4) is 0 Å². The molecule has 4 aromatic rings. The summed E-state index contributed by atoms with van der Waals surface area (Å²) >= 11 is 1.61. The van der Waals surface area contributed by atoms with E-state index in [0.717, 1.165) is 50.9 Å². The van der Waals surface area contributed by atoms with Gasteiger partial charge in [-0.25, -0.2) is 9.97 Å². The van der Waals surface area contributed by atoms with E-state index in [-0.39, 0.29) is 0 Å². The predicted octanol–water partition coefficient (Wildman–Crippen LogP) is 5.20. The number of para-hydroxylation sites is 1. The molecule has 0 bridgehead atoms. The van der Waals surface area contributed by atoms with Crippen LogP contribution in [0.5, 0.6) is 11.5 Å². The molecule has 0 spiro atoms. The van der Waals surface area contributed by atoms with E-state index in [9.17, 15) is 0 Å². The lowest BCUT2D eigenvalue weighted by atomic mass is 10.2. The fourth-order valence-corrected chi connectivity index (χ4v) is 4.41. The molecule has 5 nitrogen and oxygen atoms in total. The SMILES string of the molecule is C(#C[C@H]1CCCN1)c1cc2c(NCc3cccc(Oc4ccccc4)c3)ncnc2s1. The molecule has 2 aromatic carbocycles. The first-order chi connectivity index (χ1) is 15.3. The highest BCUT2D eigenvalue weighted by Gasteiger charge is 2.11. The molecule has 0 saturated carbocycles. The Hall–Kier alpha value is -3.40. The van der Waals surface area contributed by atoms with Crippen LogP contribution in [-0.4, -0.2) is 22.6 Å². The van der Waals surface area contributed by atoms with Crippen molar-refractivity contribution in [2.75, 3.05) is 11.9 Å². The average Bonchev–Trinajstić information content (AvgIpc) is 3.47. The number of rotatable bonds is 5. The summed E-state index contributed by atoms with van der Waals surface area (Å²) in [5.74, 6) is 9.09. The summed E-state index contributed by atoms with van der Waals surface area (Å²) in [5, 5.41) is 7.86. The summed E-state index contributed by atoms with van der Waals surface area (Å²) in [4.78, 5) is 10.8. The van der Waals surface area contributed by atoms with Gasteiger partial charge in [0, 0.05) is 6.54 Å². The van der Waals surface area contributed by atoms with Crippen molar-refractivity contribution in [1.82, 2.24) is 15.3 Å². The lowest BCUT2D eigenvalue weighted by Gasteiger charge is -2.09. The maximum atomic E-state index is 5.94. The minimum absolute atomic E-state index is 0.305. The number of nitrogens with one attached hydrogen (secondary N) is 2. The van der Waals surface area contributed by atoms with Gasteiger partial charge in [-0.15, -0.1) is 11.3 Å². The van der Waals surface area contributed by atoms with Crippen molar-refractivity contribution in [1.29, 1.82) is 0 Å². The van der Waals surface area contributed by atoms with E-state index in [4.69, 9.17) is 4.74 Å². The molecule has 1 saturated heterocycles. The van der Waals surface area contributed by atoms with Crippen LogP contribution in [0.2, 0.25) is 0 Å². The molecule has 0 radical (unpaired) electrons. The highest BCUT2D eigenvalue weighted by atomic mass is 32.1. The molecule has 0 aliphatic carbocycles. The average molecular weight is 427 g/mol. The van der Waals surface area contributed by atoms with Gasteiger partial charge < -0.3 is 15.4 Å². The van der Waals surface area contributed by atoms with E-state index < -0.39 is 0 Å². The number of benzene rings is 2. The molecule has 1 aliphatic heterocycles. The van der Waals surface area contributed by atoms with Crippen molar-refractivity contribution in [2.24, 2.45) is 0 Å². The Morgan fingerprint density at radius 2 is 1.97 bits per heavy atom. The highest BCUT2D eigenvalue weighted by Crippen LogP contribution is 2.28. The van der Waals surface area contributed by atoms with E-state index in [1.165, 1.54) is 6.42 Å². The normalized spacial score (nSPS) is 15.4. The van der Waals surface area contributed by atoms with Gasteiger partial charge in [-0.2, -0.15) is 0 Å². The first kappa shape index (κ1) is 19.6. The molecule has 0 amide bonds. The number of anilines is 1. The van der Waals surface area contributed by atoms with Crippen LogP contribution in [0.4, 0.5) is 5.82 Å². The topological polar surface area (TPSA) is 59.1 Å². The molecule has 2 aromatic heterocycles. The Morgan fingerprint density at radius 1 is 1.06 bits per heavy atom. The summed E-state index contributed by atoms with van der Waals surface area (Å²) in [5.41, 5.74) is 1.11. The smallest absolute Gasteiger partial charge is 0.138 e. The lowest BCUT2D eigenvalue weighted by Crippen LogP contribution is -2.18. The zero-order valence-corrected chi connectivity index (χ0v) is 17.8. The second-order valence-corrected chi connectivity index (χ2v) is 8.42. The zero-order chi connectivity index (χ0) is 20.9. The number of ether oxygens (including phenoxy) is 1. The minimum atomic E-state index is 0.305. The molecule has 1 atom stereocenters. The van der Waals surface area contributed by atoms with Gasteiger partial charge in [0.15, 0.2) is 0 Å². The standard InChI is InChI=1S/C25H22N4OS/c1-2-8-20(9-3-1)30-21-10-4-6-18(14-21)16-27-24-23-15-22(31-25(23)29-17-28-24)12-11-19-7-5-13-26-19/h1-4,6,8-10,14-15,17,19,26H,5,7,13,16H2,(H,27,28,29)/t19-/m1/s1. The summed E-state index contributed by atoms with van der Waals surface area (Å²) < 4.78 is 5.94. The molecular weight excluding hydrogens is 404 g/mol. The summed E-state index contributed by atoms with van der Waals surface area (Å²) in [6.45, 7) is 1.70. The van der Waals surface area contributed by atoms with Gasteiger partial charge >= 0.3 is 0 Å². The molecule has 1 aliphatic rings. The number of hydrogen-bond acceptors (Lipinski definition) is 6. The van der Waals surface area contributed by atoms with Gasteiger partial charge in [0.1, 0.15) is 28.5 Å². The van der Waals surface area contributed by atoms with Crippen molar-refractivity contribution in [2.45, 2.75) is 25.4 Å². The first-order valence-corrected chi connectivity index (χ1v) is 11.2. The van der Waals surface area contributed by atoms with Gasteiger partial charge in [0.2, 0.25) is 0 Å². The Labute approximate surface area is 185 Å². The Balaban J connectivity index is 1.30. The van der Waals surface area contributed by atoms with Gasteiger partial charge in [-0.3, -0.25) is 0 Å².